The Labute approximate surface area is 138 Å². The topological polar surface area (TPSA) is 67.9 Å². The minimum absolute atomic E-state index is 0.192. The fraction of sp³-hybridized carbons (Fsp3) is 0.467. The molecular formula is C15H19FN2O4S. The highest BCUT2D eigenvalue weighted by molar-refractivity contribution is 7.99. The molecule has 6 nitrogen and oxygen atoms in total. The van der Waals surface area contributed by atoms with Gasteiger partial charge in [-0.15, -0.1) is 11.8 Å². The van der Waals surface area contributed by atoms with Crippen molar-refractivity contribution in [2.24, 2.45) is 0 Å². The number of nitrogens with zero attached hydrogens (tertiary/aromatic N) is 1. The SMILES string of the molecule is COCCSc1ccc(N2C[C@H](CNC(C)=O)OC2=O)cc1F. The maximum Gasteiger partial charge on any atom is 0.414 e. The van der Waals surface area contributed by atoms with Gasteiger partial charge in [-0.1, -0.05) is 0 Å². The minimum atomic E-state index is -0.542. The van der Waals surface area contributed by atoms with Gasteiger partial charge in [0.05, 0.1) is 25.4 Å². The van der Waals surface area contributed by atoms with E-state index in [2.05, 4.69) is 5.32 Å². The molecule has 2 rings (SSSR count). The zero-order valence-electron chi connectivity index (χ0n) is 13.0. The molecule has 1 heterocycles. The van der Waals surface area contributed by atoms with Crippen molar-refractivity contribution in [2.45, 2.75) is 17.9 Å². The van der Waals surface area contributed by atoms with Crippen molar-refractivity contribution in [1.82, 2.24) is 5.32 Å². The number of hydrogen-bond acceptors (Lipinski definition) is 5. The third-order valence-electron chi connectivity index (χ3n) is 3.22. The number of amides is 2. The number of hydrogen-bond donors (Lipinski definition) is 1. The standard InChI is InChI=1S/C15H19FN2O4S/c1-10(19)17-8-12-9-18(15(20)22-12)11-3-4-14(13(16)7-11)23-6-5-21-2/h3-4,7,12H,5-6,8-9H2,1-2H3,(H,17,19)/t12-/m0/s1. The number of ether oxygens (including phenoxy) is 2. The summed E-state index contributed by atoms with van der Waals surface area (Å²) in [4.78, 5) is 24.6. The first-order valence-corrected chi connectivity index (χ1v) is 8.13. The summed E-state index contributed by atoms with van der Waals surface area (Å²) in [5, 5.41) is 2.60. The summed E-state index contributed by atoms with van der Waals surface area (Å²) in [5.41, 5.74) is 0.439. The zero-order valence-corrected chi connectivity index (χ0v) is 13.8. The highest BCUT2D eigenvalue weighted by Crippen LogP contribution is 2.28. The number of halogens is 1. The quantitative estimate of drug-likeness (QED) is 0.607. The van der Waals surface area contributed by atoms with Gasteiger partial charge in [-0.25, -0.2) is 9.18 Å². The fourth-order valence-corrected chi connectivity index (χ4v) is 2.94. The molecule has 23 heavy (non-hydrogen) atoms. The fourth-order valence-electron chi connectivity index (χ4n) is 2.11. The second-order valence-corrected chi connectivity index (χ2v) is 6.15. The lowest BCUT2D eigenvalue weighted by Crippen LogP contribution is -2.33. The Morgan fingerprint density at radius 2 is 2.35 bits per heavy atom. The van der Waals surface area contributed by atoms with Crippen LogP contribution in [0.15, 0.2) is 23.1 Å². The molecule has 2 amide bonds. The Morgan fingerprint density at radius 1 is 1.57 bits per heavy atom. The van der Waals surface area contributed by atoms with Crippen molar-refractivity contribution in [3.63, 3.8) is 0 Å². The van der Waals surface area contributed by atoms with Crippen LogP contribution in [0.1, 0.15) is 6.92 Å². The summed E-state index contributed by atoms with van der Waals surface area (Å²) in [7, 11) is 1.59. The van der Waals surface area contributed by atoms with Crippen LogP contribution in [0.3, 0.4) is 0 Å². The van der Waals surface area contributed by atoms with Crippen LogP contribution in [-0.4, -0.2) is 50.7 Å². The number of benzene rings is 1. The maximum atomic E-state index is 14.1. The van der Waals surface area contributed by atoms with E-state index in [9.17, 15) is 14.0 Å². The monoisotopic (exact) mass is 342 g/mol. The predicted molar refractivity (Wildman–Crippen MR) is 85.3 cm³/mol. The van der Waals surface area contributed by atoms with Crippen LogP contribution in [0.25, 0.3) is 0 Å². The summed E-state index contributed by atoms with van der Waals surface area (Å²) in [6.07, 6.45) is -0.982. The molecule has 1 aliphatic rings. The van der Waals surface area contributed by atoms with Gasteiger partial charge < -0.3 is 14.8 Å². The smallest absolute Gasteiger partial charge is 0.414 e. The summed E-state index contributed by atoms with van der Waals surface area (Å²) >= 11 is 1.35. The molecule has 0 bridgehead atoms. The molecule has 0 aliphatic carbocycles. The zero-order chi connectivity index (χ0) is 16.8. The first-order chi connectivity index (χ1) is 11.0. The molecule has 0 aromatic heterocycles. The highest BCUT2D eigenvalue weighted by atomic mass is 32.2. The molecule has 1 fully saturated rings. The van der Waals surface area contributed by atoms with Gasteiger partial charge in [0.2, 0.25) is 5.91 Å². The van der Waals surface area contributed by atoms with Gasteiger partial charge in [0.25, 0.3) is 0 Å². The van der Waals surface area contributed by atoms with Crippen LogP contribution < -0.4 is 10.2 Å². The average Bonchev–Trinajstić information content (AvgIpc) is 2.88. The van der Waals surface area contributed by atoms with Crippen LogP contribution in [0, 0.1) is 5.82 Å². The maximum absolute atomic E-state index is 14.1. The molecule has 0 radical (unpaired) electrons. The van der Waals surface area contributed by atoms with Crippen molar-refractivity contribution < 1.29 is 23.5 Å². The number of anilines is 1. The van der Waals surface area contributed by atoms with E-state index in [0.717, 1.165) is 0 Å². The Morgan fingerprint density at radius 3 is 3.00 bits per heavy atom. The Hall–Kier alpha value is -1.80. The lowest BCUT2D eigenvalue weighted by atomic mass is 10.2. The van der Waals surface area contributed by atoms with E-state index in [1.807, 2.05) is 0 Å². The van der Waals surface area contributed by atoms with Crippen LogP contribution in [-0.2, 0) is 14.3 Å². The van der Waals surface area contributed by atoms with Crippen molar-refractivity contribution in [3.8, 4) is 0 Å². The van der Waals surface area contributed by atoms with Gasteiger partial charge in [-0.05, 0) is 18.2 Å². The van der Waals surface area contributed by atoms with E-state index < -0.39 is 12.2 Å². The number of rotatable bonds is 7. The average molecular weight is 342 g/mol. The lowest BCUT2D eigenvalue weighted by molar-refractivity contribution is -0.119. The number of cyclic esters (lactones) is 1. The molecule has 1 aromatic rings. The number of carbonyl (C=O) groups excluding carboxylic acids is 2. The molecule has 8 heteroatoms. The Bertz CT molecular complexity index is 585. The summed E-state index contributed by atoms with van der Waals surface area (Å²) < 4.78 is 24.2. The van der Waals surface area contributed by atoms with Crippen molar-refractivity contribution >= 4 is 29.4 Å². The van der Waals surface area contributed by atoms with Crippen LogP contribution >= 0.6 is 11.8 Å². The Balaban J connectivity index is 2.00. The molecular weight excluding hydrogens is 323 g/mol. The number of methoxy groups -OCH3 is 1. The molecule has 0 spiro atoms. The normalized spacial score (nSPS) is 17.3. The molecule has 1 saturated heterocycles. The van der Waals surface area contributed by atoms with E-state index in [4.69, 9.17) is 9.47 Å². The second kappa shape index (κ2) is 8.16. The third kappa shape index (κ3) is 4.84. The second-order valence-electron chi connectivity index (χ2n) is 5.01. The number of nitrogens with one attached hydrogen (secondary N) is 1. The molecule has 0 saturated carbocycles. The van der Waals surface area contributed by atoms with Crippen molar-refractivity contribution in [3.05, 3.63) is 24.0 Å². The van der Waals surface area contributed by atoms with E-state index >= 15 is 0 Å². The minimum Gasteiger partial charge on any atom is -0.442 e. The summed E-state index contributed by atoms with van der Waals surface area (Å²) in [6.45, 7) is 2.44. The summed E-state index contributed by atoms with van der Waals surface area (Å²) in [6, 6.07) is 4.64. The van der Waals surface area contributed by atoms with Crippen LogP contribution in [0.2, 0.25) is 0 Å². The van der Waals surface area contributed by atoms with Gasteiger partial charge in [-0.3, -0.25) is 9.69 Å². The molecule has 0 unspecified atom stereocenters. The third-order valence-corrected chi connectivity index (χ3v) is 4.24. The van der Waals surface area contributed by atoms with E-state index in [1.165, 1.54) is 29.7 Å². The van der Waals surface area contributed by atoms with Gasteiger partial charge >= 0.3 is 6.09 Å². The van der Waals surface area contributed by atoms with Crippen LogP contribution in [0.4, 0.5) is 14.9 Å². The molecule has 126 valence electrons. The first-order valence-electron chi connectivity index (χ1n) is 7.15. The molecule has 1 aromatic carbocycles. The molecule has 1 atom stereocenters. The summed E-state index contributed by atoms with van der Waals surface area (Å²) in [5.74, 6) is 0.0711. The molecule has 1 aliphatic heterocycles. The van der Waals surface area contributed by atoms with Crippen molar-refractivity contribution in [1.29, 1.82) is 0 Å². The molecule has 1 N–H and O–H groups in total. The van der Waals surface area contributed by atoms with Gasteiger partial charge in [0.15, 0.2) is 0 Å². The first kappa shape index (κ1) is 17.6. The largest absolute Gasteiger partial charge is 0.442 e. The van der Waals surface area contributed by atoms with Gasteiger partial charge in [0, 0.05) is 24.7 Å². The van der Waals surface area contributed by atoms with Crippen LogP contribution in [0.5, 0.6) is 0 Å². The van der Waals surface area contributed by atoms with Gasteiger partial charge in [-0.2, -0.15) is 0 Å². The van der Waals surface area contributed by atoms with E-state index in [-0.39, 0.29) is 24.8 Å². The van der Waals surface area contributed by atoms with Crippen molar-refractivity contribution in [2.75, 3.05) is 37.5 Å². The lowest BCUT2D eigenvalue weighted by Gasteiger charge is -2.14. The number of carbonyl (C=O) groups is 2. The predicted octanol–water partition coefficient (Wildman–Crippen LogP) is 2.03. The highest BCUT2D eigenvalue weighted by Gasteiger charge is 2.32. The van der Waals surface area contributed by atoms with E-state index in [1.54, 1.807) is 19.2 Å². The number of thioether (sulfide) groups is 1. The van der Waals surface area contributed by atoms with Gasteiger partial charge in [0.1, 0.15) is 11.9 Å². The van der Waals surface area contributed by atoms with E-state index in [0.29, 0.717) is 22.9 Å². The Kier molecular flexibility index (Phi) is 6.23.